The van der Waals surface area contributed by atoms with Crippen LogP contribution in [0.3, 0.4) is 0 Å². The third kappa shape index (κ3) is 6.82. The molecule has 2 amide bonds. The Morgan fingerprint density at radius 2 is 1.61 bits per heavy atom. The van der Waals surface area contributed by atoms with Crippen LogP contribution in [0.4, 0.5) is 0 Å². The van der Waals surface area contributed by atoms with Crippen LogP contribution in [-0.4, -0.2) is 43.0 Å². The van der Waals surface area contributed by atoms with Gasteiger partial charge in [-0.2, -0.15) is 0 Å². The van der Waals surface area contributed by atoms with Crippen LogP contribution in [0.25, 0.3) is 0 Å². The Kier molecular flexibility index (Phi) is 9.22. The maximum absolute atomic E-state index is 13.0. The van der Waals surface area contributed by atoms with Crippen molar-refractivity contribution in [3.05, 3.63) is 71.8 Å². The summed E-state index contributed by atoms with van der Waals surface area (Å²) in [7, 11) is 1.60. The van der Waals surface area contributed by atoms with Gasteiger partial charge in [0.15, 0.2) is 0 Å². The van der Waals surface area contributed by atoms with Crippen molar-refractivity contribution in [1.29, 1.82) is 0 Å². The zero-order valence-electron chi connectivity index (χ0n) is 16.8. The smallest absolute Gasteiger partial charge is 0.243 e. The molecule has 0 radical (unpaired) electrons. The molecule has 0 aliphatic rings. The van der Waals surface area contributed by atoms with Gasteiger partial charge in [-0.05, 0) is 17.5 Å². The topological polar surface area (TPSA) is 58.6 Å². The number of rotatable bonds is 11. The van der Waals surface area contributed by atoms with Crippen LogP contribution in [0.15, 0.2) is 60.7 Å². The molecule has 0 aliphatic heterocycles. The van der Waals surface area contributed by atoms with E-state index in [0.717, 1.165) is 17.5 Å². The molecule has 0 heterocycles. The van der Waals surface area contributed by atoms with E-state index in [1.165, 1.54) is 0 Å². The Labute approximate surface area is 167 Å². The number of hydrogen-bond donors (Lipinski definition) is 1. The number of nitrogens with one attached hydrogen (secondary N) is 1. The van der Waals surface area contributed by atoms with Crippen molar-refractivity contribution in [1.82, 2.24) is 10.2 Å². The average molecular weight is 383 g/mol. The van der Waals surface area contributed by atoms with Crippen molar-refractivity contribution < 1.29 is 14.3 Å². The first-order valence-electron chi connectivity index (χ1n) is 9.79. The van der Waals surface area contributed by atoms with Crippen molar-refractivity contribution in [2.45, 2.75) is 38.8 Å². The molecule has 2 rings (SSSR count). The lowest BCUT2D eigenvalue weighted by atomic mass is 10.0. The molecule has 2 aromatic rings. The Morgan fingerprint density at radius 3 is 2.18 bits per heavy atom. The maximum atomic E-state index is 13.0. The normalized spacial score (nSPS) is 11.6. The Morgan fingerprint density at radius 1 is 1.00 bits per heavy atom. The summed E-state index contributed by atoms with van der Waals surface area (Å²) in [6.07, 6.45) is 1.64. The molecule has 0 saturated carbocycles. The lowest BCUT2D eigenvalue weighted by Gasteiger charge is -2.31. The fourth-order valence-electron chi connectivity index (χ4n) is 3.09. The molecule has 0 aromatic heterocycles. The number of hydrogen-bond acceptors (Lipinski definition) is 3. The van der Waals surface area contributed by atoms with E-state index >= 15 is 0 Å². The van der Waals surface area contributed by atoms with Crippen LogP contribution in [-0.2, 0) is 27.3 Å². The standard InChI is InChI=1S/C23H30N2O3/c1-3-10-22(26)25(18-20-13-8-5-9-14-20)21(23(27)24-15-16-28-2)17-19-11-6-4-7-12-19/h4-9,11-14,21H,3,10,15-18H2,1-2H3,(H,24,27)/t21-/m0/s1. The minimum atomic E-state index is -0.571. The summed E-state index contributed by atoms with van der Waals surface area (Å²) in [5, 5.41) is 2.91. The summed E-state index contributed by atoms with van der Waals surface area (Å²) in [5.41, 5.74) is 2.03. The first kappa shape index (κ1) is 21.6. The van der Waals surface area contributed by atoms with Crippen molar-refractivity contribution >= 4 is 11.8 Å². The maximum Gasteiger partial charge on any atom is 0.243 e. The van der Waals surface area contributed by atoms with E-state index < -0.39 is 6.04 Å². The summed E-state index contributed by atoms with van der Waals surface area (Å²) >= 11 is 0. The van der Waals surface area contributed by atoms with E-state index in [1.54, 1.807) is 12.0 Å². The third-order valence-corrected chi connectivity index (χ3v) is 4.54. The molecule has 2 aromatic carbocycles. The van der Waals surface area contributed by atoms with Crippen LogP contribution in [0.2, 0.25) is 0 Å². The van der Waals surface area contributed by atoms with E-state index in [1.807, 2.05) is 67.6 Å². The first-order chi connectivity index (χ1) is 13.7. The molecule has 28 heavy (non-hydrogen) atoms. The van der Waals surface area contributed by atoms with Gasteiger partial charge in [0.05, 0.1) is 6.61 Å². The quantitative estimate of drug-likeness (QED) is 0.607. The lowest BCUT2D eigenvalue weighted by Crippen LogP contribution is -2.51. The van der Waals surface area contributed by atoms with Gasteiger partial charge >= 0.3 is 0 Å². The molecule has 1 atom stereocenters. The molecule has 5 nitrogen and oxygen atoms in total. The number of amides is 2. The lowest BCUT2D eigenvalue weighted by molar-refractivity contribution is -0.141. The summed E-state index contributed by atoms with van der Waals surface area (Å²) in [6.45, 7) is 3.24. The highest BCUT2D eigenvalue weighted by atomic mass is 16.5. The highest BCUT2D eigenvalue weighted by Crippen LogP contribution is 2.16. The molecule has 5 heteroatoms. The molecular formula is C23H30N2O3. The first-order valence-corrected chi connectivity index (χ1v) is 9.79. The molecule has 150 valence electrons. The van der Waals surface area contributed by atoms with Crippen molar-refractivity contribution in [2.75, 3.05) is 20.3 Å². The fourth-order valence-corrected chi connectivity index (χ4v) is 3.09. The van der Waals surface area contributed by atoms with Gasteiger partial charge in [-0.1, -0.05) is 67.6 Å². The third-order valence-electron chi connectivity index (χ3n) is 4.54. The Bertz CT molecular complexity index is 719. The number of carbonyl (C=O) groups excluding carboxylic acids is 2. The van der Waals surface area contributed by atoms with Gasteiger partial charge in [-0.25, -0.2) is 0 Å². The minimum absolute atomic E-state index is 0.00539. The summed E-state index contributed by atoms with van der Waals surface area (Å²) < 4.78 is 5.04. The molecule has 0 unspecified atom stereocenters. The zero-order valence-corrected chi connectivity index (χ0v) is 16.8. The monoisotopic (exact) mass is 382 g/mol. The van der Waals surface area contributed by atoms with Crippen LogP contribution in [0.5, 0.6) is 0 Å². The van der Waals surface area contributed by atoms with Crippen LogP contribution in [0.1, 0.15) is 30.9 Å². The van der Waals surface area contributed by atoms with E-state index in [4.69, 9.17) is 4.74 Å². The second-order valence-corrected chi connectivity index (χ2v) is 6.75. The molecule has 0 saturated heterocycles. The van der Waals surface area contributed by atoms with Gasteiger partial charge in [0.1, 0.15) is 6.04 Å². The van der Waals surface area contributed by atoms with Crippen molar-refractivity contribution in [3.63, 3.8) is 0 Å². The van der Waals surface area contributed by atoms with Crippen LogP contribution < -0.4 is 5.32 Å². The van der Waals surface area contributed by atoms with Crippen LogP contribution in [0, 0.1) is 0 Å². The van der Waals surface area contributed by atoms with E-state index in [-0.39, 0.29) is 11.8 Å². The number of nitrogens with zero attached hydrogens (tertiary/aromatic N) is 1. The molecule has 0 bridgehead atoms. The number of methoxy groups -OCH3 is 1. The molecule has 0 aliphatic carbocycles. The molecular weight excluding hydrogens is 352 g/mol. The highest BCUT2D eigenvalue weighted by molar-refractivity contribution is 5.88. The number of ether oxygens (including phenoxy) is 1. The largest absolute Gasteiger partial charge is 0.383 e. The average Bonchev–Trinajstić information content (AvgIpc) is 2.72. The SMILES string of the molecule is CCCC(=O)N(Cc1ccccc1)[C@@H](Cc1ccccc1)C(=O)NCCOC. The number of benzene rings is 2. The van der Waals surface area contributed by atoms with Gasteiger partial charge in [0, 0.05) is 33.0 Å². The predicted molar refractivity (Wildman–Crippen MR) is 111 cm³/mol. The van der Waals surface area contributed by atoms with E-state index in [9.17, 15) is 9.59 Å². The number of carbonyl (C=O) groups is 2. The second-order valence-electron chi connectivity index (χ2n) is 6.75. The predicted octanol–water partition coefficient (Wildman–Crippen LogP) is 3.19. The van der Waals surface area contributed by atoms with Crippen molar-refractivity contribution in [2.24, 2.45) is 0 Å². The van der Waals surface area contributed by atoms with Gasteiger partial charge in [0.25, 0.3) is 0 Å². The second kappa shape index (κ2) is 11.9. The van der Waals surface area contributed by atoms with Gasteiger partial charge < -0.3 is 15.0 Å². The molecule has 0 fully saturated rings. The van der Waals surface area contributed by atoms with Crippen molar-refractivity contribution in [3.8, 4) is 0 Å². The Hall–Kier alpha value is -2.66. The van der Waals surface area contributed by atoms with Gasteiger partial charge in [-0.3, -0.25) is 9.59 Å². The summed E-state index contributed by atoms with van der Waals surface area (Å²) in [5.74, 6) is -0.157. The molecule has 0 spiro atoms. The minimum Gasteiger partial charge on any atom is -0.383 e. The van der Waals surface area contributed by atoms with E-state index in [2.05, 4.69) is 5.32 Å². The highest BCUT2D eigenvalue weighted by Gasteiger charge is 2.29. The summed E-state index contributed by atoms with van der Waals surface area (Å²) in [6, 6.07) is 19.0. The molecule has 1 N–H and O–H groups in total. The Balaban J connectivity index is 2.28. The van der Waals surface area contributed by atoms with Crippen LogP contribution >= 0.6 is 0 Å². The van der Waals surface area contributed by atoms with E-state index in [0.29, 0.717) is 32.5 Å². The zero-order chi connectivity index (χ0) is 20.2. The van der Waals surface area contributed by atoms with Gasteiger partial charge in [-0.15, -0.1) is 0 Å². The fraction of sp³-hybridized carbons (Fsp3) is 0.391. The summed E-state index contributed by atoms with van der Waals surface area (Å²) in [4.78, 5) is 27.7. The van der Waals surface area contributed by atoms with Gasteiger partial charge in [0.2, 0.25) is 11.8 Å².